The Bertz CT molecular complexity index is 501. The van der Waals surface area contributed by atoms with E-state index in [0.29, 0.717) is 11.3 Å². The first-order valence-corrected chi connectivity index (χ1v) is 7.86. The summed E-state index contributed by atoms with van der Waals surface area (Å²) in [4.78, 5) is 9.42. The number of rotatable bonds is 6. The van der Waals surface area contributed by atoms with E-state index in [1.54, 1.807) is 0 Å². The number of aromatic nitrogens is 2. The zero-order valence-corrected chi connectivity index (χ0v) is 13.1. The van der Waals surface area contributed by atoms with E-state index in [1.807, 2.05) is 7.05 Å². The fourth-order valence-electron chi connectivity index (χ4n) is 2.85. The third-order valence-electron chi connectivity index (χ3n) is 5.07. The molecule has 0 radical (unpaired) electrons. The van der Waals surface area contributed by atoms with E-state index in [9.17, 15) is 0 Å². The summed E-state index contributed by atoms with van der Waals surface area (Å²) in [6.45, 7) is 7.79. The molecule has 110 valence electrons. The van der Waals surface area contributed by atoms with E-state index in [2.05, 4.69) is 36.4 Å². The SMILES string of the molecule is CNc1nc(C2CC2)nc(NCC2(C(C)C)CC2)c1C. The van der Waals surface area contributed by atoms with Crippen LogP contribution in [0.1, 0.15) is 56.8 Å². The summed E-state index contributed by atoms with van der Waals surface area (Å²) >= 11 is 0. The molecule has 0 amide bonds. The van der Waals surface area contributed by atoms with Crippen LogP contribution in [0.5, 0.6) is 0 Å². The Hall–Kier alpha value is -1.32. The van der Waals surface area contributed by atoms with E-state index < -0.39 is 0 Å². The van der Waals surface area contributed by atoms with Crippen LogP contribution in [-0.2, 0) is 0 Å². The first kappa shape index (κ1) is 13.7. The first-order valence-electron chi connectivity index (χ1n) is 7.86. The third kappa shape index (κ3) is 2.48. The molecule has 2 aliphatic carbocycles. The van der Waals surface area contributed by atoms with E-state index in [0.717, 1.165) is 35.5 Å². The van der Waals surface area contributed by atoms with E-state index >= 15 is 0 Å². The van der Waals surface area contributed by atoms with Gasteiger partial charge in [0.25, 0.3) is 0 Å². The van der Waals surface area contributed by atoms with Crippen molar-refractivity contribution in [1.29, 1.82) is 0 Å². The van der Waals surface area contributed by atoms with Gasteiger partial charge >= 0.3 is 0 Å². The highest BCUT2D eigenvalue weighted by Gasteiger charge is 2.45. The molecule has 1 aromatic heterocycles. The quantitative estimate of drug-likeness (QED) is 0.833. The molecule has 4 heteroatoms. The van der Waals surface area contributed by atoms with Crippen LogP contribution in [0.2, 0.25) is 0 Å². The van der Waals surface area contributed by atoms with Gasteiger partial charge in [-0.2, -0.15) is 0 Å². The third-order valence-corrected chi connectivity index (χ3v) is 5.07. The predicted octanol–water partition coefficient (Wildman–Crippen LogP) is 3.55. The molecular formula is C16H26N4. The van der Waals surface area contributed by atoms with Crippen LogP contribution in [0.25, 0.3) is 0 Å². The highest BCUT2D eigenvalue weighted by molar-refractivity contribution is 5.57. The molecule has 1 aromatic rings. The minimum atomic E-state index is 0.497. The summed E-state index contributed by atoms with van der Waals surface area (Å²) in [6.07, 6.45) is 5.16. The van der Waals surface area contributed by atoms with Crippen molar-refractivity contribution in [3.05, 3.63) is 11.4 Å². The van der Waals surface area contributed by atoms with E-state index in [-0.39, 0.29) is 0 Å². The molecule has 2 aliphatic rings. The fourth-order valence-corrected chi connectivity index (χ4v) is 2.85. The van der Waals surface area contributed by atoms with Crippen molar-refractivity contribution in [2.24, 2.45) is 11.3 Å². The molecule has 0 aliphatic heterocycles. The number of anilines is 2. The lowest BCUT2D eigenvalue weighted by atomic mass is 9.92. The Kier molecular flexibility index (Phi) is 3.35. The van der Waals surface area contributed by atoms with Crippen LogP contribution in [0.4, 0.5) is 11.6 Å². The molecule has 0 saturated heterocycles. The summed E-state index contributed by atoms with van der Waals surface area (Å²) in [6, 6.07) is 0. The second-order valence-electron chi connectivity index (χ2n) is 6.80. The van der Waals surface area contributed by atoms with Gasteiger partial charge < -0.3 is 10.6 Å². The van der Waals surface area contributed by atoms with Gasteiger partial charge in [0.1, 0.15) is 17.5 Å². The second-order valence-corrected chi connectivity index (χ2v) is 6.80. The molecule has 4 nitrogen and oxygen atoms in total. The number of nitrogens with one attached hydrogen (secondary N) is 2. The normalized spacial score (nSPS) is 20.1. The van der Waals surface area contributed by atoms with Crippen molar-refractivity contribution in [2.75, 3.05) is 24.2 Å². The minimum Gasteiger partial charge on any atom is -0.373 e. The average Bonchev–Trinajstić information content (AvgIpc) is 3.29. The molecule has 0 spiro atoms. The van der Waals surface area contributed by atoms with Crippen molar-refractivity contribution in [1.82, 2.24) is 9.97 Å². The molecule has 20 heavy (non-hydrogen) atoms. The topological polar surface area (TPSA) is 49.8 Å². The van der Waals surface area contributed by atoms with Gasteiger partial charge in [-0.05, 0) is 43.9 Å². The van der Waals surface area contributed by atoms with Gasteiger partial charge in [-0.1, -0.05) is 13.8 Å². The molecule has 2 saturated carbocycles. The van der Waals surface area contributed by atoms with Gasteiger partial charge in [0.15, 0.2) is 0 Å². The molecule has 2 N–H and O–H groups in total. The van der Waals surface area contributed by atoms with Gasteiger partial charge in [0.05, 0.1) is 0 Å². The zero-order valence-electron chi connectivity index (χ0n) is 13.1. The summed E-state index contributed by atoms with van der Waals surface area (Å²) < 4.78 is 0. The molecule has 0 unspecified atom stereocenters. The zero-order chi connectivity index (χ0) is 14.3. The standard InChI is InChI=1S/C16H26N4/c1-10(2)16(7-8-16)9-18-14-11(3)13(17-4)19-15(20-14)12-5-6-12/h10,12H,5-9H2,1-4H3,(H2,17,18,19,20). The highest BCUT2D eigenvalue weighted by Crippen LogP contribution is 2.51. The van der Waals surface area contributed by atoms with Crippen molar-refractivity contribution < 1.29 is 0 Å². The minimum absolute atomic E-state index is 0.497. The lowest BCUT2D eigenvalue weighted by molar-refractivity contribution is 0.379. The maximum Gasteiger partial charge on any atom is 0.136 e. The summed E-state index contributed by atoms with van der Waals surface area (Å²) in [5.74, 6) is 4.33. The van der Waals surface area contributed by atoms with Gasteiger partial charge in [0.2, 0.25) is 0 Å². The Labute approximate surface area is 121 Å². The summed E-state index contributed by atoms with van der Waals surface area (Å²) in [5.41, 5.74) is 1.63. The predicted molar refractivity (Wildman–Crippen MR) is 83.3 cm³/mol. The Morgan fingerprint density at radius 3 is 2.35 bits per heavy atom. The summed E-state index contributed by atoms with van der Waals surface area (Å²) in [7, 11) is 1.94. The van der Waals surface area contributed by atoms with Crippen LogP contribution in [-0.4, -0.2) is 23.6 Å². The van der Waals surface area contributed by atoms with Crippen LogP contribution in [0.15, 0.2) is 0 Å². The van der Waals surface area contributed by atoms with Crippen LogP contribution >= 0.6 is 0 Å². The smallest absolute Gasteiger partial charge is 0.136 e. The van der Waals surface area contributed by atoms with Gasteiger partial charge in [-0.3, -0.25) is 0 Å². The molecule has 0 atom stereocenters. The Morgan fingerprint density at radius 1 is 1.20 bits per heavy atom. The van der Waals surface area contributed by atoms with Crippen LogP contribution in [0, 0.1) is 18.3 Å². The number of hydrogen-bond acceptors (Lipinski definition) is 4. The van der Waals surface area contributed by atoms with Crippen molar-refractivity contribution in [3.63, 3.8) is 0 Å². The highest BCUT2D eigenvalue weighted by atomic mass is 15.1. The fraction of sp³-hybridized carbons (Fsp3) is 0.750. The van der Waals surface area contributed by atoms with Gasteiger partial charge in [-0.15, -0.1) is 0 Å². The molecule has 3 rings (SSSR count). The van der Waals surface area contributed by atoms with Crippen LogP contribution < -0.4 is 10.6 Å². The molecule has 2 fully saturated rings. The average molecular weight is 274 g/mol. The number of hydrogen-bond donors (Lipinski definition) is 2. The summed E-state index contributed by atoms with van der Waals surface area (Å²) in [5, 5.41) is 6.81. The van der Waals surface area contributed by atoms with Crippen molar-refractivity contribution >= 4 is 11.6 Å². The second kappa shape index (κ2) is 4.90. The molecule has 1 heterocycles. The van der Waals surface area contributed by atoms with Crippen molar-refractivity contribution in [3.8, 4) is 0 Å². The largest absolute Gasteiger partial charge is 0.373 e. The Morgan fingerprint density at radius 2 is 1.85 bits per heavy atom. The van der Waals surface area contributed by atoms with Crippen LogP contribution in [0.3, 0.4) is 0 Å². The monoisotopic (exact) mass is 274 g/mol. The maximum absolute atomic E-state index is 4.77. The molecule has 0 aromatic carbocycles. The first-order chi connectivity index (χ1) is 9.55. The molecular weight excluding hydrogens is 248 g/mol. The van der Waals surface area contributed by atoms with E-state index in [4.69, 9.17) is 4.98 Å². The van der Waals surface area contributed by atoms with Crippen molar-refractivity contribution in [2.45, 2.75) is 52.4 Å². The number of nitrogens with zero attached hydrogens (tertiary/aromatic N) is 2. The van der Waals surface area contributed by atoms with Gasteiger partial charge in [-0.25, -0.2) is 9.97 Å². The lowest BCUT2D eigenvalue weighted by Gasteiger charge is -2.21. The lowest BCUT2D eigenvalue weighted by Crippen LogP contribution is -2.22. The Balaban J connectivity index is 1.79. The van der Waals surface area contributed by atoms with Gasteiger partial charge in [0, 0.05) is 25.1 Å². The maximum atomic E-state index is 4.77. The molecule has 0 bridgehead atoms. The van der Waals surface area contributed by atoms with E-state index in [1.165, 1.54) is 25.7 Å².